The van der Waals surface area contributed by atoms with Gasteiger partial charge < -0.3 is 29.9 Å². The van der Waals surface area contributed by atoms with Crippen molar-refractivity contribution in [1.82, 2.24) is 0 Å². The van der Waals surface area contributed by atoms with Gasteiger partial charge in [0.05, 0.1) is 6.61 Å². The number of aliphatic hydroxyl groups excluding tert-OH is 4. The maximum absolute atomic E-state index is 11.5. The Balaban J connectivity index is 1.94. The van der Waals surface area contributed by atoms with Crippen molar-refractivity contribution in [2.24, 2.45) is 0 Å². The van der Waals surface area contributed by atoms with E-state index < -0.39 is 47.4 Å². The molecule has 3 rings (SSSR count). The average molecular weight is 386 g/mol. The largest absolute Gasteiger partial charge is 0.462 e. The third-order valence-corrected chi connectivity index (χ3v) is 5.10. The molecule has 0 radical (unpaired) electrons. The maximum atomic E-state index is 11.5. The van der Waals surface area contributed by atoms with Gasteiger partial charge in [-0.25, -0.2) is 0 Å². The second kappa shape index (κ2) is 7.08. The van der Waals surface area contributed by atoms with Crippen LogP contribution in [-0.2, 0) is 14.9 Å². The normalized spacial score (nSPS) is 29.7. The molecule has 0 spiro atoms. The van der Waals surface area contributed by atoms with Gasteiger partial charge in [-0.15, -0.1) is 0 Å². The van der Waals surface area contributed by atoms with Crippen LogP contribution in [0.1, 0.15) is 0 Å². The summed E-state index contributed by atoms with van der Waals surface area (Å²) in [5.41, 5.74) is 0. The Kier molecular flexibility index (Phi) is 5.17. The third kappa shape index (κ3) is 3.53. The minimum atomic E-state index is -4.46. The van der Waals surface area contributed by atoms with Crippen LogP contribution >= 0.6 is 0 Å². The van der Waals surface area contributed by atoms with Crippen molar-refractivity contribution in [1.29, 1.82) is 0 Å². The van der Waals surface area contributed by atoms with E-state index in [2.05, 4.69) is 0 Å². The van der Waals surface area contributed by atoms with Crippen molar-refractivity contribution >= 4 is 20.9 Å². The van der Waals surface area contributed by atoms with Gasteiger partial charge in [-0.05, 0) is 23.6 Å². The van der Waals surface area contributed by atoms with Gasteiger partial charge in [0.2, 0.25) is 6.29 Å². The number of benzene rings is 2. The van der Waals surface area contributed by atoms with E-state index in [1.807, 2.05) is 0 Å². The summed E-state index contributed by atoms with van der Waals surface area (Å²) in [5, 5.41) is 39.5. The van der Waals surface area contributed by atoms with E-state index in [4.69, 9.17) is 9.47 Å². The highest BCUT2D eigenvalue weighted by atomic mass is 32.2. The van der Waals surface area contributed by atoms with Crippen molar-refractivity contribution in [3.05, 3.63) is 36.4 Å². The molecule has 142 valence electrons. The summed E-state index contributed by atoms with van der Waals surface area (Å²) in [6.45, 7) is -0.602. The van der Waals surface area contributed by atoms with Gasteiger partial charge in [0.25, 0.3) is 10.1 Å². The molecular formula is C16H18O9S. The Morgan fingerprint density at radius 2 is 1.77 bits per heavy atom. The van der Waals surface area contributed by atoms with Crippen molar-refractivity contribution in [3.63, 3.8) is 0 Å². The number of hydrogen-bond acceptors (Lipinski definition) is 8. The van der Waals surface area contributed by atoms with E-state index in [-0.39, 0.29) is 16.0 Å². The number of ether oxygens (including phenoxy) is 2. The molecule has 0 amide bonds. The molecule has 5 N–H and O–H groups in total. The van der Waals surface area contributed by atoms with E-state index in [9.17, 15) is 33.4 Å². The Bertz CT molecular complexity index is 896. The molecule has 10 heteroatoms. The van der Waals surface area contributed by atoms with E-state index in [1.165, 1.54) is 24.3 Å². The lowest BCUT2D eigenvalue weighted by atomic mass is 9.99. The summed E-state index contributed by atoms with van der Waals surface area (Å²) < 4.78 is 43.1. The lowest BCUT2D eigenvalue weighted by Gasteiger charge is -2.39. The smallest absolute Gasteiger partial charge is 0.295 e. The van der Waals surface area contributed by atoms with Gasteiger partial charge in [0.1, 0.15) is 35.1 Å². The Morgan fingerprint density at radius 3 is 2.42 bits per heavy atom. The summed E-state index contributed by atoms with van der Waals surface area (Å²) in [5.74, 6) is 0.0953. The number of aliphatic hydroxyl groups is 4. The topological polar surface area (TPSA) is 154 Å². The van der Waals surface area contributed by atoms with Gasteiger partial charge in [0.15, 0.2) is 0 Å². The Morgan fingerprint density at radius 1 is 1.04 bits per heavy atom. The first-order chi connectivity index (χ1) is 12.2. The van der Waals surface area contributed by atoms with Crippen molar-refractivity contribution in [2.45, 2.75) is 35.6 Å². The zero-order chi connectivity index (χ0) is 19.1. The van der Waals surface area contributed by atoms with Crippen molar-refractivity contribution in [2.75, 3.05) is 6.61 Å². The lowest BCUT2D eigenvalue weighted by molar-refractivity contribution is -0.277. The summed E-state index contributed by atoms with van der Waals surface area (Å²) in [7, 11) is -4.46. The first-order valence-electron chi connectivity index (χ1n) is 7.70. The SMILES string of the molecule is O=S(=O)(O)c1cccc2ccc(O[C@@H]3O[C@H](CO)[C@@H](O)[C@H](O)[C@H]3O)cc12. The minimum absolute atomic E-state index is 0.0953. The number of rotatable bonds is 4. The highest BCUT2D eigenvalue weighted by Crippen LogP contribution is 2.29. The standard InChI is InChI=1S/C16H18O9S/c17-7-11-13(18)14(19)15(20)16(25-11)24-9-5-4-8-2-1-3-12(10(8)6-9)26(21,22)23/h1-6,11,13-20H,7H2,(H,21,22,23)/t11-,13-,14+,15-,16-/m1/s1. The zero-order valence-corrected chi connectivity index (χ0v) is 14.2. The maximum Gasteiger partial charge on any atom is 0.295 e. The van der Waals surface area contributed by atoms with Crippen LogP contribution in [0.5, 0.6) is 5.75 Å². The zero-order valence-electron chi connectivity index (χ0n) is 13.3. The Labute approximate surface area is 148 Å². The van der Waals surface area contributed by atoms with Gasteiger partial charge in [-0.2, -0.15) is 8.42 Å². The molecule has 26 heavy (non-hydrogen) atoms. The number of fused-ring (bicyclic) bond motifs is 1. The fourth-order valence-corrected chi connectivity index (χ4v) is 3.53. The molecule has 0 unspecified atom stereocenters. The fourth-order valence-electron chi connectivity index (χ4n) is 2.82. The second-order valence-electron chi connectivity index (χ2n) is 5.93. The van der Waals surface area contributed by atoms with E-state index in [1.54, 1.807) is 12.1 Å². The molecule has 1 aliphatic rings. The second-order valence-corrected chi connectivity index (χ2v) is 7.32. The van der Waals surface area contributed by atoms with E-state index in [0.717, 1.165) is 0 Å². The molecule has 5 atom stereocenters. The van der Waals surface area contributed by atoms with Gasteiger partial charge in [-0.3, -0.25) is 4.55 Å². The molecule has 2 aromatic carbocycles. The van der Waals surface area contributed by atoms with Crippen LogP contribution in [0.3, 0.4) is 0 Å². The van der Waals surface area contributed by atoms with E-state index >= 15 is 0 Å². The molecule has 0 bridgehead atoms. The van der Waals surface area contributed by atoms with Crippen LogP contribution in [0.25, 0.3) is 10.8 Å². The van der Waals surface area contributed by atoms with Crippen LogP contribution < -0.4 is 4.74 Å². The lowest BCUT2D eigenvalue weighted by Crippen LogP contribution is -2.60. The minimum Gasteiger partial charge on any atom is -0.462 e. The molecule has 1 aliphatic heterocycles. The highest BCUT2D eigenvalue weighted by molar-refractivity contribution is 7.86. The molecule has 0 aliphatic carbocycles. The van der Waals surface area contributed by atoms with Gasteiger partial charge in [0, 0.05) is 5.39 Å². The summed E-state index contributed by atoms with van der Waals surface area (Å²) >= 11 is 0. The van der Waals surface area contributed by atoms with E-state index in [0.29, 0.717) is 5.39 Å². The fraction of sp³-hybridized carbons (Fsp3) is 0.375. The first-order valence-corrected chi connectivity index (χ1v) is 9.14. The predicted octanol–water partition coefficient (Wildman–Crippen LogP) is -0.735. The van der Waals surface area contributed by atoms with Gasteiger partial charge in [-0.1, -0.05) is 18.2 Å². The number of hydrogen-bond donors (Lipinski definition) is 5. The third-order valence-electron chi connectivity index (χ3n) is 4.19. The van der Waals surface area contributed by atoms with Crippen LogP contribution in [-0.4, -0.2) is 70.7 Å². The quantitative estimate of drug-likeness (QED) is 0.428. The van der Waals surface area contributed by atoms with Crippen molar-refractivity contribution in [3.8, 4) is 5.75 Å². The van der Waals surface area contributed by atoms with Crippen LogP contribution in [0.15, 0.2) is 41.3 Å². The predicted molar refractivity (Wildman–Crippen MR) is 88.2 cm³/mol. The molecule has 1 saturated heterocycles. The molecule has 1 fully saturated rings. The van der Waals surface area contributed by atoms with Crippen molar-refractivity contribution < 1.29 is 42.9 Å². The van der Waals surface area contributed by atoms with Crippen LogP contribution in [0.4, 0.5) is 0 Å². The molecule has 1 heterocycles. The monoisotopic (exact) mass is 386 g/mol. The van der Waals surface area contributed by atoms with Crippen LogP contribution in [0.2, 0.25) is 0 Å². The molecule has 9 nitrogen and oxygen atoms in total. The molecule has 2 aromatic rings. The first kappa shape index (κ1) is 19.0. The summed E-state index contributed by atoms with van der Waals surface area (Å²) in [6.07, 6.45) is -7.24. The Hall–Kier alpha value is -1.79. The molecule has 0 aromatic heterocycles. The van der Waals surface area contributed by atoms with Gasteiger partial charge >= 0.3 is 0 Å². The van der Waals surface area contributed by atoms with Crippen LogP contribution in [0, 0.1) is 0 Å². The average Bonchev–Trinajstić information content (AvgIpc) is 2.60. The molecule has 0 saturated carbocycles. The summed E-state index contributed by atoms with van der Waals surface area (Å²) in [6, 6.07) is 8.71. The summed E-state index contributed by atoms with van der Waals surface area (Å²) in [4.78, 5) is -0.311. The molecular weight excluding hydrogens is 368 g/mol. The highest BCUT2D eigenvalue weighted by Gasteiger charge is 2.44.